The number of anilines is 1. The highest BCUT2D eigenvalue weighted by Crippen LogP contribution is 2.13. The molecular formula is C21H27NOS. The Kier molecular flexibility index (Phi) is 8.95. The standard InChI is InChI=1S/C21H27NOS/c23-18-19-12-14-20(15-13-19)22-16-8-6-4-2-1-3-5-7-10-21-11-9-17-24-21/h7,9-15,17-18,22H,1-6,8,16H2/b10-7+. The van der Waals surface area contributed by atoms with Crippen molar-refractivity contribution in [1.29, 1.82) is 0 Å². The van der Waals surface area contributed by atoms with Crippen LogP contribution in [-0.2, 0) is 0 Å². The topological polar surface area (TPSA) is 29.1 Å². The number of benzene rings is 1. The number of nitrogens with one attached hydrogen (secondary N) is 1. The lowest BCUT2D eigenvalue weighted by molar-refractivity contribution is 0.112. The van der Waals surface area contributed by atoms with E-state index in [2.05, 4.69) is 35.0 Å². The molecule has 0 radical (unpaired) electrons. The monoisotopic (exact) mass is 341 g/mol. The molecule has 0 spiro atoms. The van der Waals surface area contributed by atoms with Crippen LogP contribution in [0.2, 0.25) is 0 Å². The van der Waals surface area contributed by atoms with Crippen molar-refractivity contribution in [3.05, 3.63) is 58.3 Å². The Balaban J connectivity index is 1.40. The average Bonchev–Trinajstić information content (AvgIpc) is 3.13. The SMILES string of the molecule is O=Cc1ccc(NCCCCCCCC/C=C/c2cccs2)cc1. The first-order valence-corrected chi connectivity index (χ1v) is 9.75. The van der Waals surface area contributed by atoms with E-state index in [1.54, 1.807) is 11.3 Å². The number of hydrogen-bond donors (Lipinski definition) is 1. The maximum absolute atomic E-state index is 10.6. The molecule has 2 rings (SSSR count). The van der Waals surface area contributed by atoms with Crippen LogP contribution < -0.4 is 5.32 Å². The lowest BCUT2D eigenvalue weighted by Crippen LogP contribution is -2.01. The zero-order valence-corrected chi connectivity index (χ0v) is 15.1. The van der Waals surface area contributed by atoms with Gasteiger partial charge in [-0.1, -0.05) is 37.8 Å². The minimum absolute atomic E-state index is 0.728. The molecule has 1 N–H and O–H groups in total. The van der Waals surface area contributed by atoms with Crippen molar-refractivity contribution < 1.29 is 4.79 Å². The molecule has 0 aliphatic heterocycles. The molecule has 0 atom stereocenters. The summed E-state index contributed by atoms with van der Waals surface area (Å²) in [5.74, 6) is 0. The van der Waals surface area contributed by atoms with Gasteiger partial charge in [0.05, 0.1) is 0 Å². The van der Waals surface area contributed by atoms with Gasteiger partial charge in [0, 0.05) is 22.7 Å². The Hall–Kier alpha value is -1.87. The van der Waals surface area contributed by atoms with Crippen LogP contribution in [0.15, 0.2) is 47.9 Å². The number of allylic oxidation sites excluding steroid dienone is 1. The molecule has 0 saturated heterocycles. The number of unbranched alkanes of at least 4 members (excludes halogenated alkanes) is 6. The zero-order valence-electron chi connectivity index (χ0n) is 14.2. The smallest absolute Gasteiger partial charge is 0.150 e. The molecule has 24 heavy (non-hydrogen) atoms. The van der Waals surface area contributed by atoms with E-state index in [0.717, 1.165) is 24.1 Å². The first-order valence-electron chi connectivity index (χ1n) is 8.87. The Bertz CT molecular complexity index is 587. The molecule has 2 aromatic rings. The van der Waals surface area contributed by atoms with Gasteiger partial charge >= 0.3 is 0 Å². The quantitative estimate of drug-likeness (QED) is 0.356. The Morgan fingerprint density at radius 1 is 0.917 bits per heavy atom. The molecule has 1 heterocycles. The summed E-state index contributed by atoms with van der Waals surface area (Å²) < 4.78 is 0. The molecule has 3 heteroatoms. The van der Waals surface area contributed by atoms with Crippen molar-refractivity contribution in [3.8, 4) is 0 Å². The zero-order chi connectivity index (χ0) is 16.9. The van der Waals surface area contributed by atoms with E-state index in [0.29, 0.717) is 0 Å². The summed E-state index contributed by atoms with van der Waals surface area (Å²) in [5.41, 5.74) is 1.82. The van der Waals surface area contributed by atoms with Gasteiger partial charge in [0.25, 0.3) is 0 Å². The molecular weight excluding hydrogens is 314 g/mol. The van der Waals surface area contributed by atoms with Gasteiger partial charge in [-0.2, -0.15) is 0 Å². The fourth-order valence-electron chi connectivity index (χ4n) is 2.59. The van der Waals surface area contributed by atoms with E-state index in [9.17, 15) is 4.79 Å². The second-order valence-electron chi connectivity index (χ2n) is 5.99. The summed E-state index contributed by atoms with van der Waals surface area (Å²) in [6.45, 7) is 1.00. The number of carbonyl (C=O) groups is 1. The third-order valence-electron chi connectivity index (χ3n) is 4.00. The third kappa shape index (κ3) is 7.60. The minimum Gasteiger partial charge on any atom is -0.385 e. The van der Waals surface area contributed by atoms with Crippen LogP contribution in [0.25, 0.3) is 6.08 Å². The van der Waals surface area contributed by atoms with Gasteiger partial charge in [-0.05, 0) is 61.1 Å². The maximum Gasteiger partial charge on any atom is 0.150 e. The van der Waals surface area contributed by atoms with Gasteiger partial charge in [0.15, 0.2) is 0 Å². The highest BCUT2D eigenvalue weighted by Gasteiger charge is 1.94. The van der Waals surface area contributed by atoms with Gasteiger partial charge in [-0.3, -0.25) is 4.79 Å². The Morgan fingerprint density at radius 3 is 2.38 bits per heavy atom. The largest absolute Gasteiger partial charge is 0.385 e. The van der Waals surface area contributed by atoms with Gasteiger partial charge in [0.2, 0.25) is 0 Å². The second kappa shape index (κ2) is 11.6. The Labute approximate surface area is 149 Å². The first-order chi connectivity index (χ1) is 11.9. The van der Waals surface area contributed by atoms with Crippen molar-refractivity contribution in [2.45, 2.75) is 44.9 Å². The number of thiophene rings is 1. The van der Waals surface area contributed by atoms with Gasteiger partial charge in [-0.25, -0.2) is 0 Å². The van der Waals surface area contributed by atoms with Crippen LogP contribution in [0, 0.1) is 0 Å². The first kappa shape index (κ1) is 18.5. The van der Waals surface area contributed by atoms with Crippen molar-refractivity contribution in [1.82, 2.24) is 0 Å². The van der Waals surface area contributed by atoms with Crippen LogP contribution in [0.1, 0.15) is 60.2 Å². The lowest BCUT2D eigenvalue weighted by Gasteiger charge is -2.06. The fourth-order valence-corrected chi connectivity index (χ4v) is 3.24. The third-order valence-corrected chi connectivity index (χ3v) is 4.84. The van der Waals surface area contributed by atoms with E-state index in [1.807, 2.05) is 24.3 Å². The molecule has 0 bridgehead atoms. The van der Waals surface area contributed by atoms with Crippen LogP contribution >= 0.6 is 11.3 Å². The van der Waals surface area contributed by atoms with Gasteiger partial charge < -0.3 is 5.32 Å². The summed E-state index contributed by atoms with van der Waals surface area (Å²) in [6, 6.07) is 11.9. The van der Waals surface area contributed by atoms with E-state index in [4.69, 9.17) is 0 Å². The average molecular weight is 342 g/mol. The molecule has 0 unspecified atom stereocenters. The number of rotatable bonds is 12. The maximum atomic E-state index is 10.6. The fraction of sp³-hybridized carbons (Fsp3) is 0.381. The number of carbonyl (C=O) groups excluding carboxylic acids is 1. The normalized spacial score (nSPS) is 11.0. The molecule has 0 saturated carbocycles. The summed E-state index contributed by atoms with van der Waals surface area (Å²) in [7, 11) is 0. The molecule has 2 nitrogen and oxygen atoms in total. The van der Waals surface area contributed by atoms with Crippen molar-refractivity contribution >= 4 is 29.4 Å². The predicted molar refractivity (Wildman–Crippen MR) is 106 cm³/mol. The molecule has 1 aromatic carbocycles. The van der Waals surface area contributed by atoms with Crippen LogP contribution in [0.5, 0.6) is 0 Å². The molecule has 1 aromatic heterocycles. The lowest BCUT2D eigenvalue weighted by atomic mass is 10.1. The molecule has 0 fully saturated rings. The predicted octanol–water partition coefficient (Wildman–Crippen LogP) is 6.42. The van der Waals surface area contributed by atoms with Gasteiger partial charge in [-0.15, -0.1) is 11.3 Å². The van der Waals surface area contributed by atoms with Crippen LogP contribution in [0.4, 0.5) is 5.69 Å². The van der Waals surface area contributed by atoms with E-state index < -0.39 is 0 Å². The van der Waals surface area contributed by atoms with Crippen LogP contribution in [0.3, 0.4) is 0 Å². The Morgan fingerprint density at radius 2 is 1.67 bits per heavy atom. The number of hydrogen-bond acceptors (Lipinski definition) is 3. The van der Waals surface area contributed by atoms with Crippen molar-refractivity contribution in [2.75, 3.05) is 11.9 Å². The van der Waals surface area contributed by atoms with E-state index in [-0.39, 0.29) is 0 Å². The van der Waals surface area contributed by atoms with Crippen LogP contribution in [-0.4, -0.2) is 12.8 Å². The number of aldehydes is 1. The summed E-state index contributed by atoms with van der Waals surface area (Å²) in [6.07, 6.45) is 14.4. The van der Waals surface area contributed by atoms with E-state index in [1.165, 1.54) is 49.8 Å². The summed E-state index contributed by atoms with van der Waals surface area (Å²) in [5, 5.41) is 5.52. The van der Waals surface area contributed by atoms with Gasteiger partial charge in [0.1, 0.15) is 6.29 Å². The highest BCUT2D eigenvalue weighted by molar-refractivity contribution is 7.10. The summed E-state index contributed by atoms with van der Waals surface area (Å²) >= 11 is 1.79. The summed E-state index contributed by atoms with van der Waals surface area (Å²) in [4.78, 5) is 11.9. The van der Waals surface area contributed by atoms with Crippen molar-refractivity contribution in [2.24, 2.45) is 0 Å². The van der Waals surface area contributed by atoms with Crippen molar-refractivity contribution in [3.63, 3.8) is 0 Å². The second-order valence-corrected chi connectivity index (χ2v) is 6.97. The van der Waals surface area contributed by atoms with E-state index >= 15 is 0 Å². The highest BCUT2D eigenvalue weighted by atomic mass is 32.1. The minimum atomic E-state index is 0.728. The molecule has 128 valence electrons. The molecule has 0 aliphatic carbocycles. The molecule has 0 aliphatic rings. The molecule has 0 amide bonds.